The molecule has 1 aromatic heterocycles. The molecule has 2 amide bonds. The van der Waals surface area contributed by atoms with Gasteiger partial charge in [0.1, 0.15) is 11.9 Å². The van der Waals surface area contributed by atoms with Crippen LogP contribution in [0.3, 0.4) is 0 Å². The molecule has 3 aromatic rings. The van der Waals surface area contributed by atoms with Gasteiger partial charge >= 0.3 is 5.97 Å². The van der Waals surface area contributed by atoms with Gasteiger partial charge in [0.2, 0.25) is 5.91 Å². The van der Waals surface area contributed by atoms with E-state index in [0.717, 1.165) is 11.3 Å². The largest absolute Gasteiger partial charge is 0.454 e. The minimum Gasteiger partial charge on any atom is -0.454 e. The molecule has 8 heteroatoms. The molecule has 1 atom stereocenters. The topological polar surface area (TPSA) is 102 Å². The molecule has 3 rings (SSSR count). The van der Waals surface area contributed by atoms with Crippen molar-refractivity contribution in [3.8, 4) is 16.9 Å². The molecule has 172 valence electrons. The number of carbonyl (C=O) groups excluding carboxylic acids is 3. The number of rotatable bonds is 7. The summed E-state index contributed by atoms with van der Waals surface area (Å²) in [5.74, 6) is -1.05. The molecule has 1 heterocycles. The van der Waals surface area contributed by atoms with Crippen LogP contribution in [0.15, 0.2) is 66.7 Å². The Labute approximate surface area is 193 Å². The van der Waals surface area contributed by atoms with E-state index in [1.165, 1.54) is 6.92 Å². The van der Waals surface area contributed by atoms with E-state index in [4.69, 9.17) is 4.74 Å². The van der Waals surface area contributed by atoms with Gasteiger partial charge in [-0.15, -0.1) is 0 Å². The Morgan fingerprint density at radius 1 is 1.00 bits per heavy atom. The minimum atomic E-state index is -0.871. The first-order valence-corrected chi connectivity index (χ1v) is 10.6. The first-order valence-electron chi connectivity index (χ1n) is 10.6. The highest BCUT2D eigenvalue weighted by atomic mass is 16.5. The molecule has 8 nitrogen and oxygen atoms in total. The van der Waals surface area contributed by atoms with Gasteiger partial charge in [-0.05, 0) is 19.1 Å². The van der Waals surface area contributed by atoms with Crippen molar-refractivity contribution >= 4 is 23.6 Å². The van der Waals surface area contributed by atoms with Gasteiger partial charge in [-0.25, -0.2) is 9.48 Å². The lowest BCUT2D eigenvalue weighted by Crippen LogP contribution is -2.45. The number of nitrogens with zero attached hydrogens (tertiary/aromatic N) is 2. The van der Waals surface area contributed by atoms with Gasteiger partial charge in [0, 0.05) is 17.0 Å². The molecule has 2 aromatic carbocycles. The highest BCUT2D eigenvalue weighted by molar-refractivity contribution is 5.94. The Hall–Kier alpha value is -3.94. The quantitative estimate of drug-likeness (QED) is 0.538. The lowest BCUT2D eigenvalue weighted by Gasteiger charge is -2.20. The fourth-order valence-electron chi connectivity index (χ4n) is 2.90. The first kappa shape index (κ1) is 23.7. The van der Waals surface area contributed by atoms with Crippen LogP contribution in [0.4, 0.5) is 5.82 Å². The monoisotopic (exact) mass is 448 g/mol. The fraction of sp³-hybridized carbons (Fsp3) is 0.280. The summed E-state index contributed by atoms with van der Waals surface area (Å²) in [6.45, 7) is 6.25. The van der Waals surface area contributed by atoms with E-state index in [9.17, 15) is 14.4 Å². The molecular weight excluding hydrogens is 420 g/mol. The van der Waals surface area contributed by atoms with E-state index in [-0.39, 0.29) is 5.91 Å². The molecule has 0 fully saturated rings. The summed E-state index contributed by atoms with van der Waals surface area (Å²) in [6.07, 6.45) is 0. The van der Waals surface area contributed by atoms with Gasteiger partial charge in [-0.1, -0.05) is 69.3 Å². The maximum absolute atomic E-state index is 12.5. The maximum Gasteiger partial charge on any atom is 0.328 e. The number of benzene rings is 2. The molecule has 0 spiro atoms. The number of anilines is 1. The average Bonchev–Trinajstić information content (AvgIpc) is 3.21. The molecule has 0 unspecified atom stereocenters. The first-order chi connectivity index (χ1) is 15.6. The second kappa shape index (κ2) is 10.1. The molecular formula is C25H28N4O4. The van der Waals surface area contributed by atoms with Crippen LogP contribution < -0.4 is 10.6 Å². The zero-order valence-electron chi connectivity index (χ0n) is 19.2. The van der Waals surface area contributed by atoms with E-state index >= 15 is 0 Å². The highest BCUT2D eigenvalue weighted by Gasteiger charge is 2.26. The SMILES string of the molecule is C[C@@H](NC(=O)C(C)(C)C)C(=O)OCC(=O)Nc1cc(-c2ccccc2)nn1-c1ccccc1. The Kier molecular flexibility index (Phi) is 7.27. The maximum atomic E-state index is 12.5. The molecule has 2 N–H and O–H groups in total. The van der Waals surface area contributed by atoms with Crippen LogP contribution in [-0.2, 0) is 19.1 Å². The van der Waals surface area contributed by atoms with Crippen LogP contribution in [-0.4, -0.2) is 40.2 Å². The van der Waals surface area contributed by atoms with Gasteiger partial charge in [0.05, 0.1) is 11.4 Å². The second-order valence-corrected chi connectivity index (χ2v) is 8.63. The lowest BCUT2D eigenvalue weighted by atomic mass is 9.95. The van der Waals surface area contributed by atoms with E-state index in [0.29, 0.717) is 11.5 Å². The molecule has 0 aliphatic heterocycles. The lowest BCUT2D eigenvalue weighted by molar-refractivity contribution is -0.150. The van der Waals surface area contributed by atoms with Gasteiger partial charge in [0.15, 0.2) is 6.61 Å². The third-order valence-corrected chi connectivity index (χ3v) is 4.78. The Balaban J connectivity index is 1.69. The van der Waals surface area contributed by atoms with Crippen LogP contribution in [0.25, 0.3) is 16.9 Å². The minimum absolute atomic E-state index is 0.281. The summed E-state index contributed by atoms with van der Waals surface area (Å²) in [7, 11) is 0. The highest BCUT2D eigenvalue weighted by Crippen LogP contribution is 2.24. The molecule has 0 saturated carbocycles. The van der Waals surface area contributed by atoms with E-state index < -0.39 is 29.9 Å². The summed E-state index contributed by atoms with van der Waals surface area (Å²) in [6, 6.07) is 19.9. The van der Waals surface area contributed by atoms with Crippen molar-refractivity contribution in [2.24, 2.45) is 5.41 Å². The van der Waals surface area contributed by atoms with Crippen molar-refractivity contribution in [1.29, 1.82) is 0 Å². The van der Waals surface area contributed by atoms with E-state index in [1.807, 2.05) is 60.7 Å². The third-order valence-electron chi connectivity index (χ3n) is 4.78. The van der Waals surface area contributed by atoms with Crippen LogP contribution in [0.1, 0.15) is 27.7 Å². The predicted molar refractivity (Wildman–Crippen MR) is 126 cm³/mol. The molecule has 0 bridgehead atoms. The average molecular weight is 449 g/mol. The molecule has 33 heavy (non-hydrogen) atoms. The van der Waals surface area contributed by atoms with Crippen molar-refractivity contribution in [2.75, 3.05) is 11.9 Å². The predicted octanol–water partition coefficient (Wildman–Crippen LogP) is 3.57. The van der Waals surface area contributed by atoms with E-state index in [2.05, 4.69) is 15.7 Å². The Bertz CT molecular complexity index is 1120. The Morgan fingerprint density at radius 2 is 1.61 bits per heavy atom. The number of amides is 2. The number of carbonyl (C=O) groups is 3. The second-order valence-electron chi connectivity index (χ2n) is 8.63. The van der Waals surface area contributed by atoms with Crippen molar-refractivity contribution < 1.29 is 19.1 Å². The van der Waals surface area contributed by atoms with Crippen LogP contribution in [0.5, 0.6) is 0 Å². The van der Waals surface area contributed by atoms with Crippen LogP contribution >= 0.6 is 0 Å². The number of hydrogen-bond acceptors (Lipinski definition) is 5. The van der Waals surface area contributed by atoms with Gasteiger partial charge < -0.3 is 15.4 Å². The summed E-state index contributed by atoms with van der Waals surface area (Å²) in [5, 5.41) is 9.97. The summed E-state index contributed by atoms with van der Waals surface area (Å²) < 4.78 is 6.71. The standard InChI is InChI=1S/C25H28N4O4/c1-17(26-24(32)25(2,3)4)23(31)33-16-22(30)27-21-15-20(18-11-7-5-8-12-18)28-29(21)19-13-9-6-10-14-19/h5-15,17H,16H2,1-4H3,(H,26,32)(H,27,30)/t17-/m1/s1. The van der Waals surface area contributed by atoms with Crippen molar-refractivity contribution in [3.05, 3.63) is 66.7 Å². The van der Waals surface area contributed by atoms with Gasteiger partial charge in [0.25, 0.3) is 5.91 Å². The number of hydrogen-bond donors (Lipinski definition) is 2. The van der Waals surface area contributed by atoms with Gasteiger partial charge in [-0.2, -0.15) is 5.10 Å². The number of nitrogens with one attached hydrogen (secondary N) is 2. The number of ether oxygens (including phenoxy) is 1. The molecule has 0 aliphatic carbocycles. The Morgan fingerprint density at radius 3 is 2.21 bits per heavy atom. The molecule has 0 radical (unpaired) electrons. The number of para-hydroxylation sites is 1. The number of esters is 1. The fourth-order valence-corrected chi connectivity index (χ4v) is 2.90. The van der Waals surface area contributed by atoms with Crippen molar-refractivity contribution in [3.63, 3.8) is 0 Å². The van der Waals surface area contributed by atoms with Crippen LogP contribution in [0, 0.1) is 5.41 Å². The van der Waals surface area contributed by atoms with Gasteiger partial charge in [-0.3, -0.25) is 9.59 Å². The zero-order chi connectivity index (χ0) is 24.0. The van der Waals surface area contributed by atoms with Crippen molar-refractivity contribution in [1.82, 2.24) is 15.1 Å². The number of aromatic nitrogens is 2. The van der Waals surface area contributed by atoms with Crippen LogP contribution in [0.2, 0.25) is 0 Å². The van der Waals surface area contributed by atoms with Crippen molar-refractivity contribution in [2.45, 2.75) is 33.7 Å². The molecule has 0 aliphatic rings. The summed E-state index contributed by atoms with van der Waals surface area (Å²) in [5.41, 5.74) is 1.71. The van der Waals surface area contributed by atoms with E-state index in [1.54, 1.807) is 31.5 Å². The summed E-state index contributed by atoms with van der Waals surface area (Å²) in [4.78, 5) is 36.8. The zero-order valence-corrected chi connectivity index (χ0v) is 19.2. The normalized spacial score (nSPS) is 12.0. The summed E-state index contributed by atoms with van der Waals surface area (Å²) >= 11 is 0. The molecule has 0 saturated heterocycles. The smallest absolute Gasteiger partial charge is 0.328 e. The third kappa shape index (κ3) is 6.29.